The van der Waals surface area contributed by atoms with Gasteiger partial charge in [-0.3, -0.25) is 0 Å². The molecule has 0 aliphatic rings. The molecule has 1 aromatic heterocycles. The Morgan fingerprint density at radius 3 is 2.18 bits per heavy atom. The topological polar surface area (TPSA) is 42.7 Å². The molecule has 0 saturated carbocycles. The molecular weight excluding hydrogens is 351 g/mol. The number of rotatable bonds is 7. The van der Waals surface area contributed by atoms with E-state index in [-0.39, 0.29) is 5.82 Å². The van der Waals surface area contributed by atoms with E-state index in [0.717, 1.165) is 23.5 Å². The molecule has 0 bridgehead atoms. The average Bonchev–Trinajstić information content (AvgIpc) is 3.14. The number of hydrogen-bond acceptors (Lipinski definition) is 3. The van der Waals surface area contributed by atoms with Gasteiger partial charge in [-0.2, -0.15) is 15.0 Å². The molecule has 3 aromatic carbocycles. The van der Waals surface area contributed by atoms with Gasteiger partial charge in [0.1, 0.15) is 17.2 Å². The Morgan fingerprint density at radius 1 is 0.750 bits per heavy atom. The van der Waals surface area contributed by atoms with E-state index in [4.69, 9.17) is 0 Å². The van der Waals surface area contributed by atoms with Gasteiger partial charge >= 0.3 is 0 Å². The highest BCUT2D eigenvalue weighted by Gasteiger charge is 2.14. The summed E-state index contributed by atoms with van der Waals surface area (Å²) in [6, 6.07) is 26.9. The summed E-state index contributed by atoms with van der Waals surface area (Å²) < 4.78 is 14.0. The van der Waals surface area contributed by atoms with Gasteiger partial charge in [-0.1, -0.05) is 78.9 Å². The first-order valence-electron chi connectivity index (χ1n) is 9.27. The van der Waals surface area contributed by atoms with Crippen molar-refractivity contribution in [1.82, 2.24) is 20.3 Å². The van der Waals surface area contributed by atoms with Crippen LogP contribution in [0.5, 0.6) is 0 Å². The van der Waals surface area contributed by atoms with Crippen LogP contribution >= 0.6 is 0 Å². The first kappa shape index (κ1) is 18.1. The van der Waals surface area contributed by atoms with Crippen molar-refractivity contribution in [1.29, 1.82) is 0 Å². The standard InChI is InChI=1S/C23H21FN4/c24-21-14-8-7-13-20(21)17-28-26-22(16-25-15-18-9-3-1-4-10-18)23(27-28)19-11-5-2-6-12-19/h1-14,25H,15-17H2. The summed E-state index contributed by atoms with van der Waals surface area (Å²) >= 11 is 0. The number of aromatic nitrogens is 3. The van der Waals surface area contributed by atoms with Gasteiger partial charge < -0.3 is 5.32 Å². The fourth-order valence-corrected chi connectivity index (χ4v) is 3.09. The van der Waals surface area contributed by atoms with Gasteiger partial charge in [-0.25, -0.2) is 4.39 Å². The lowest BCUT2D eigenvalue weighted by Gasteiger charge is -2.04. The van der Waals surface area contributed by atoms with Gasteiger partial charge in [0.05, 0.1) is 6.54 Å². The number of halogens is 1. The minimum absolute atomic E-state index is 0.246. The maximum atomic E-state index is 14.0. The summed E-state index contributed by atoms with van der Waals surface area (Å²) in [5.74, 6) is -0.246. The first-order valence-corrected chi connectivity index (χ1v) is 9.27. The maximum absolute atomic E-state index is 14.0. The fraction of sp³-hybridized carbons (Fsp3) is 0.130. The second-order valence-electron chi connectivity index (χ2n) is 6.57. The Hall–Kier alpha value is -3.31. The van der Waals surface area contributed by atoms with Crippen LogP contribution < -0.4 is 5.32 Å². The Kier molecular flexibility index (Phi) is 5.54. The van der Waals surface area contributed by atoms with Crippen molar-refractivity contribution in [2.75, 3.05) is 0 Å². The van der Waals surface area contributed by atoms with Crippen LogP contribution in [-0.4, -0.2) is 15.0 Å². The number of benzene rings is 3. The third-order valence-electron chi connectivity index (χ3n) is 4.51. The number of nitrogens with one attached hydrogen (secondary N) is 1. The van der Waals surface area contributed by atoms with E-state index in [9.17, 15) is 4.39 Å². The summed E-state index contributed by atoms with van der Waals surface area (Å²) in [5, 5.41) is 12.7. The van der Waals surface area contributed by atoms with Crippen molar-refractivity contribution in [3.8, 4) is 11.3 Å². The summed E-state index contributed by atoms with van der Waals surface area (Å²) in [7, 11) is 0. The molecule has 0 fully saturated rings. The quantitative estimate of drug-likeness (QED) is 0.522. The molecule has 0 spiro atoms. The lowest BCUT2D eigenvalue weighted by Crippen LogP contribution is -2.14. The van der Waals surface area contributed by atoms with Gasteiger partial charge in [0.15, 0.2) is 0 Å². The molecule has 1 heterocycles. The Bertz CT molecular complexity index is 1030. The molecule has 4 nitrogen and oxygen atoms in total. The van der Waals surface area contributed by atoms with E-state index in [1.807, 2.05) is 54.6 Å². The molecule has 5 heteroatoms. The Morgan fingerprint density at radius 2 is 1.43 bits per heavy atom. The predicted octanol–water partition coefficient (Wildman–Crippen LogP) is 4.42. The zero-order valence-corrected chi connectivity index (χ0v) is 15.4. The highest BCUT2D eigenvalue weighted by atomic mass is 19.1. The molecular formula is C23H21FN4. The van der Waals surface area contributed by atoms with E-state index in [2.05, 4.69) is 27.6 Å². The maximum Gasteiger partial charge on any atom is 0.128 e. The fourth-order valence-electron chi connectivity index (χ4n) is 3.09. The van der Waals surface area contributed by atoms with Crippen molar-refractivity contribution in [2.24, 2.45) is 0 Å². The number of nitrogens with zero attached hydrogens (tertiary/aromatic N) is 3. The summed E-state index contributed by atoms with van der Waals surface area (Å²) in [5.41, 5.74) is 4.44. The van der Waals surface area contributed by atoms with E-state index in [0.29, 0.717) is 18.7 Å². The van der Waals surface area contributed by atoms with Gasteiger partial charge in [0.2, 0.25) is 0 Å². The highest BCUT2D eigenvalue weighted by molar-refractivity contribution is 5.60. The van der Waals surface area contributed by atoms with Crippen molar-refractivity contribution >= 4 is 0 Å². The minimum Gasteiger partial charge on any atom is -0.307 e. The Balaban J connectivity index is 1.56. The molecule has 0 radical (unpaired) electrons. The van der Waals surface area contributed by atoms with E-state index >= 15 is 0 Å². The highest BCUT2D eigenvalue weighted by Crippen LogP contribution is 2.20. The van der Waals surface area contributed by atoms with Gasteiger partial charge in [-0.05, 0) is 11.6 Å². The number of hydrogen-bond donors (Lipinski definition) is 1. The lowest BCUT2D eigenvalue weighted by atomic mass is 10.1. The van der Waals surface area contributed by atoms with Crippen molar-refractivity contribution in [3.63, 3.8) is 0 Å². The second-order valence-corrected chi connectivity index (χ2v) is 6.57. The van der Waals surface area contributed by atoms with Crippen molar-refractivity contribution in [2.45, 2.75) is 19.6 Å². The largest absolute Gasteiger partial charge is 0.307 e. The van der Waals surface area contributed by atoms with Crippen LogP contribution in [0.1, 0.15) is 16.8 Å². The molecule has 28 heavy (non-hydrogen) atoms. The molecule has 0 amide bonds. The minimum atomic E-state index is -0.246. The van der Waals surface area contributed by atoms with Crippen LogP contribution in [0, 0.1) is 5.82 Å². The molecule has 4 rings (SSSR count). The van der Waals surface area contributed by atoms with Crippen LogP contribution in [0.4, 0.5) is 4.39 Å². The smallest absolute Gasteiger partial charge is 0.128 e. The Labute approximate surface area is 163 Å². The first-order chi connectivity index (χ1) is 13.8. The molecule has 0 unspecified atom stereocenters. The summed E-state index contributed by atoms with van der Waals surface area (Å²) in [6.07, 6.45) is 0. The van der Waals surface area contributed by atoms with E-state index in [1.165, 1.54) is 11.6 Å². The van der Waals surface area contributed by atoms with Gasteiger partial charge in [0.25, 0.3) is 0 Å². The zero-order valence-electron chi connectivity index (χ0n) is 15.4. The molecule has 0 aliphatic carbocycles. The van der Waals surface area contributed by atoms with E-state index in [1.54, 1.807) is 16.9 Å². The molecule has 0 aliphatic heterocycles. The third kappa shape index (κ3) is 4.32. The summed E-state index contributed by atoms with van der Waals surface area (Å²) in [6.45, 7) is 1.62. The molecule has 0 atom stereocenters. The lowest BCUT2D eigenvalue weighted by molar-refractivity contribution is 0.543. The van der Waals surface area contributed by atoms with Crippen LogP contribution in [0.15, 0.2) is 84.9 Å². The van der Waals surface area contributed by atoms with Crippen molar-refractivity contribution < 1.29 is 4.39 Å². The van der Waals surface area contributed by atoms with Crippen LogP contribution in [0.2, 0.25) is 0 Å². The van der Waals surface area contributed by atoms with Gasteiger partial charge in [0, 0.05) is 24.2 Å². The third-order valence-corrected chi connectivity index (χ3v) is 4.51. The summed E-state index contributed by atoms with van der Waals surface area (Å²) in [4.78, 5) is 1.57. The molecule has 1 N–H and O–H groups in total. The second kappa shape index (κ2) is 8.59. The predicted molar refractivity (Wildman–Crippen MR) is 108 cm³/mol. The van der Waals surface area contributed by atoms with Crippen LogP contribution in [-0.2, 0) is 19.6 Å². The average molecular weight is 372 g/mol. The SMILES string of the molecule is Fc1ccccc1Cn1nc(CNCc2ccccc2)c(-c2ccccc2)n1. The molecule has 4 aromatic rings. The molecule has 140 valence electrons. The normalized spacial score (nSPS) is 10.9. The zero-order chi connectivity index (χ0) is 19.2. The van der Waals surface area contributed by atoms with E-state index < -0.39 is 0 Å². The van der Waals surface area contributed by atoms with Crippen LogP contribution in [0.3, 0.4) is 0 Å². The monoisotopic (exact) mass is 372 g/mol. The van der Waals surface area contributed by atoms with Crippen LogP contribution in [0.25, 0.3) is 11.3 Å². The molecule has 0 saturated heterocycles. The van der Waals surface area contributed by atoms with Gasteiger partial charge in [-0.15, -0.1) is 0 Å². The van der Waals surface area contributed by atoms with Crippen molar-refractivity contribution in [3.05, 3.63) is 108 Å².